The number of fused-ring (bicyclic) bond motifs is 2. The highest BCUT2D eigenvalue weighted by Crippen LogP contribution is 2.29. The number of rotatable bonds is 3. The van der Waals surface area contributed by atoms with Crippen molar-refractivity contribution in [2.24, 2.45) is 0 Å². The van der Waals surface area contributed by atoms with Crippen molar-refractivity contribution in [2.45, 2.75) is 53.9 Å². The number of phenols is 1. The summed E-state index contributed by atoms with van der Waals surface area (Å²) in [6, 6.07) is 18.0. The number of benzene rings is 3. The maximum Gasteiger partial charge on any atom is 0.255 e. The van der Waals surface area contributed by atoms with Gasteiger partial charge in [0.1, 0.15) is 11.4 Å². The second-order valence-electron chi connectivity index (χ2n) is 8.90. The normalized spacial score (nSPS) is 10.9. The molecule has 0 saturated heterocycles. The van der Waals surface area contributed by atoms with Gasteiger partial charge in [-0.1, -0.05) is 54.5 Å². The SMILES string of the molecule is CC.CC.CC(C)(C)c1ccc2nc(-c3n[nH]c4cc(C(=O)Nc5ccc(O)cc5)ccc34)[nH]c2c1. The van der Waals surface area contributed by atoms with E-state index in [1.807, 2.05) is 39.8 Å². The lowest BCUT2D eigenvalue weighted by Crippen LogP contribution is -2.11. The largest absolute Gasteiger partial charge is 0.508 e. The van der Waals surface area contributed by atoms with Gasteiger partial charge in [-0.05, 0) is 65.6 Å². The van der Waals surface area contributed by atoms with Crippen LogP contribution in [0.5, 0.6) is 5.75 Å². The van der Waals surface area contributed by atoms with Gasteiger partial charge in [0.25, 0.3) is 5.91 Å². The molecular weight excluding hydrogens is 450 g/mol. The Hall–Kier alpha value is -4.13. The summed E-state index contributed by atoms with van der Waals surface area (Å²) in [4.78, 5) is 20.7. The van der Waals surface area contributed by atoms with Crippen molar-refractivity contribution >= 4 is 33.5 Å². The topological polar surface area (TPSA) is 107 Å². The first-order valence-electron chi connectivity index (χ1n) is 12.4. The first-order valence-corrected chi connectivity index (χ1v) is 12.4. The van der Waals surface area contributed by atoms with Crippen LogP contribution in [0.3, 0.4) is 0 Å². The number of hydrogen-bond donors (Lipinski definition) is 4. The van der Waals surface area contributed by atoms with Crippen LogP contribution < -0.4 is 5.32 Å². The molecule has 0 radical (unpaired) electrons. The minimum Gasteiger partial charge on any atom is -0.508 e. The van der Waals surface area contributed by atoms with Gasteiger partial charge in [0.05, 0.1) is 16.6 Å². The Bertz CT molecular complexity index is 1460. The molecule has 4 N–H and O–H groups in total. The summed E-state index contributed by atoms with van der Waals surface area (Å²) in [5.74, 6) is 0.584. The van der Waals surface area contributed by atoms with E-state index < -0.39 is 0 Å². The van der Waals surface area contributed by atoms with E-state index in [9.17, 15) is 9.90 Å². The summed E-state index contributed by atoms with van der Waals surface area (Å²) in [6.45, 7) is 14.5. The van der Waals surface area contributed by atoms with Crippen molar-refractivity contribution in [1.29, 1.82) is 0 Å². The van der Waals surface area contributed by atoms with Gasteiger partial charge >= 0.3 is 0 Å². The van der Waals surface area contributed by atoms with Crippen molar-refractivity contribution in [3.05, 3.63) is 71.8 Å². The van der Waals surface area contributed by atoms with Crippen molar-refractivity contribution < 1.29 is 9.90 Å². The van der Waals surface area contributed by atoms with Crippen LogP contribution in [0.2, 0.25) is 0 Å². The fourth-order valence-corrected chi connectivity index (χ4v) is 3.68. The fraction of sp³-hybridized carbons (Fsp3) is 0.276. The predicted octanol–water partition coefficient (Wildman–Crippen LogP) is 7.41. The monoisotopic (exact) mass is 485 g/mol. The van der Waals surface area contributed by atoms with Crippen LogP contribution in [0.15, 0.2) is 60.7 Å². The minimum atomic E-state index is -0.243. The zero-order valence-corrected chi connectivity index (χ0v) is 22.0. The number of hydrogen-bond acceptors (Lipinski definition) is 4. The molecule has 0 saturated carbocycles. The van der Waals surface area contributed by atoms with Crippen LogP contribution in [0.4, 0.5) is 5.69 Å². The number of amides is 1. The first kappa shape index (κ1) is 26.5. The lowest BCUT2D eigenvalue weighted by molar-refractivity contribution is 0.102. The van der Waals surface area contributed by atoms with Crippen LogP contribution in [-0.4, -0.2) is 31.2 Å². The van der Waals surface area contributed by atoms with E-state index in [1.54, 1.807) is 24.3 Å². The standard InChI is InChI=1S/C25H23N5O2.2C2H6/c1-25(2,3)15-5-11-19-21(13-15)28-23(27-19)22-18-10-4-14(12-20(18)29-30-22)24(32)26-16-6-8-17(31)9-7-16;2*1-2/h4-13,31H,1-3H3,(H,26,32)(H,27,28)(H,29,30);2*1-2H3. The van der Waals surface area contributed by atoms with Crippen LogP contribution in [0.25, 0.3) is 33.5 Å². The maximum atomic E-state index is 12.6. The summed E-state index contributed by atoms with van der Waals surface area (Å²) in [6.07, 6.45) is 0. The number of aromatic hydroxyl groups is 1. The fourth-order valence-electron chi connectivity index (χ4n) is 3.68. The van der Waals surface area contributed by atoms with E-state index >= 15 is 0 Å². The lowest BCUT2D eigenvalue weighted by Gasteiger charge is -2.18. The molecule has 5 rings (SSSR count). The molecule has 5 aromatic rings. The highest BCUT2D eigenvalue weighted by Gasteiger charge is 2.17. The Morgan fingerprint density at radius 2 is 1.58 bits per heavy atom. The van der Waals surface area contributed by atoms with Gasteiger partial charge in [-0.2, -0.15) is 5.10 Å². The van der Waals surface area contributed by atoms with E-state index in [4.69, 9.17) is 4.98 Å². The molecule has 0 spiro atoms. The second kappa shape index (κ2) is 11.1. The first-order chi connectivity index (χ1) is 17.3. The van der Waals surface area contributed by atoms with Gasteiger partial charge in [-0.15, -0.1) is 0 Å². The molecule has 0 aliphatic carbocycles. The molecule has 7 heteroatoms. The number of aromatic nitrogens is 4. The molecule has 2 aromatic heterocycles. The Morgan fingerprint density at radius 3 is 2.25 bits per heavy atom. The summed E-state index contributed by atoms with van der Waals surface area (Å²) < 4.78 is 0. The van der Waals surface area contributed by atoms with E-state index in [0.717, 1.165) is 21.9 Å². The molecule has 2 heterocycles. The molecule has 0 unspecified atom stereocenters. The highest BCUT2D eigenvalue weighted by molar-refractivity contribution is 6.07. The van der Waals surface area contributed by atoms with Gasteiger partial charge in [-0.25, -0.2) is 4.98 Å². The van der Waals surface area contributed by atoms with Crippen LogP contribution in [-0.2, 0) is 5.41 Å². The molecule has 0 bridgehead atoms. The Balaban J connectivity index is 0.000000861. The molecule has 188 valence electrons. The molecule has 36 heavy (non-hydrogen) atoms. The van der Waals surface area contributed by atoms with Gasteiger partial charge in [0, 0.05) is 16.6 Å². The van der Waals surface area contributed by atoms with E-state index in [-0.39, 0.29) is 17.1 Å². The predicted molar refractivity (Wildman–Crippen MR) is 149 cm³/mol. The highest BCUT2D eigenvalue weighted by atomic mass is 16.3. The van der Waals surface area contributed by atoms with E-state index in [2.05, 4.69) is 53.4 Å². The molecule has 3 aromatic carbocycles. The van der Waals surface area contributed by atoms with Crippen molar-refractivity contribution in [2.75, 3.05) is 5.32 Å². The number of nitrogens with zero attached hydrogens (tertiary/aromatic N) is 2. The third-order valence-corrected chi connectivity index (χ3v) is 5.52. The number of carbonyl (C=O) groups is 1. The smallest absolute Gasteiger partial charge is 0.255 e. The van der Waals surface area contributed by atoms with Crippen molar-refractivity contribution in [3.8, 4) is 17.3 Å². The number of anilines is 1. The number of carbonyl (C=O) groups excluding carboxylic acids is 1. The van der Waals surface area contributed by atoms with Crippen molar-refractivity contribution in [3.63, 3.8) is 0 Å². The molecule has 7 nitrogen and oxygen atoms in total. The summed E-state index contributed by atoms with van der Waals surface area (Å²) in [5, 5.41) is 20.5. The summed E-state index contributed by atoms with van der Waals surface area (Å²) in [7, 11) is 0. The summed E-state index contributed by atoms with van der Waals surface area (Å²) >= 11 is 0. The van der Waals surface area contributed by atoms with E-state index in [1.165, 1.54) is 17.7 Å². The van der Waals surface area contributed by atoms with Gasteiger partial charge in [0.2, 0.25) is 0 Å². The molecule has 0 fully saturated rings. The Labute approximate surface area is 212 Å². The molecule has 0 aliphatic rings. The zero-order valence-electron chi connectivity index (χ0n) is 22.0. The van der Waals surface area contributed by atoms with Crippen molar-refractivity contribution in [1.82, 2.24) is 20.2 Å². The Kier molecular flexibility index (Phi) is 8.14. The molecule has 0 atom stereocenters. The third kappa shape index (κ3) is 5.57. The summed E-state index contributed by atoms with van der Waals surface area (Å²) in [5.41, 5.74) is 5.69. The van der Waals surface area contributed by atoms with Crippen LogP contribution in [0.1, 0.15) is 64.4 Å². The number of phenolic OH excluding ortho intramolecular Hbond substituents is 1. The van der Waals surface area contributed by atoms with Gasteiger partial charge in [-0.3, -0.25) is 9.89 Å². The zero-order chi connectivity index (χ0) is 26.5. The molecule has 0 aliphatic heterocycles. The number of H-pyrrole nitrogens is 2. The number of aromatic amines is 2. The molecular formula is C29H35N5O2. The van der Waals surface area contributed by atoms with Crippen LogP contribution >= 0.6 is 0 Å². The van der Waals surface area contributed by atoms with E-state index in [0.29, 0.717) is 22.8 Å². The van der Waals surface area contributed by atoms with Crippen LogP contribution in [0, 0.1) is 0 Å². The average Bonchev–Trinajstić information content (AvgIpc) is 3.50. The lowest BCUT2D eigenvalue weighted by atomic mass is 9.87. The number of imidazole rings is 1. The second-order valence-corrected chi connectivity index (χ2v) is 8.90. The molecule has 1 amide bonds. The quantitative estimate of drug-likeness (QED) is 0.200. The third-order valence-electron chi connectivity index (χ3n) is 5.52. The van der Waals surface area contributed by atoms with Gasteiger partial charge < -0.3 is 15.4 Å². The maximum absolute atomic E-state index is 12.6. The number of nitrogens with one attached hydrogen (secondary N) is 3. The van der Waals surface area contributed by atoms with Gasteiger partial charge in [0.15, 0.2) is 5.82 Å². The Morgan fingerprint density at radius 1 is 0.889 bits per heavy atom. The minimum absolute atomic E-state index is 0.0512. The average molecular weight is 486 g/mol.